The first-order valence-corrected chi connectivity index (χ1v) is 6.74. The van der Waals surface area contributed by atoms with Crippen LogP contribution in [0.25, 0.3) is 10.9 Å². The van der Waals surface area contributed by atoms with Gasteiger partial charge in [-0.15, -0.1) is 11.3 Å². The van der Waals surface area contributed by atoms with Crippen molar-refractivity contribution in [2.24, 2.45) is 0 Å². The van der Waals surface area contributed by atoms with Gasteiger partial charge in [-0.1, -0.05) is 29.8 Å². The number of para-hydroxylation sites is 1. The molecule has 1 aromatic carbocycles. The van der Waals surface area contributed by atoms with E-state index in [-0.39, 0.29) is 0 Å². The summed E-state index contributed by atoms with van der Waals surface area (Å²) in [5.41, 5.74) is 1.80. The van der Waals surface area contributed by atoms with E-state index in [2.05, 4.69) is 4.57 Å². The SMILES string of the molecule is O=Cc1cn(Cc2ccc(Cl)s2)c2ccccc12. The molecule has 0 amide bonds. The Labute approximate surface area is 113 Å². The fourth-order valence-corrected chi connectivity index (χ4v) is 3.19. The molecule has 18 heavy (non-hydrogen) atoms. The lowest BCUT2D eigenvalue weighted by molar-refractivity contribution is 0.112. The van der Waals surface area contributed by atoms with Crippen molar-refractivity contribution in [3.63, 3.8) is 0 Å². The minimum atomic E-state index is 0.730. The number of carbonyl (C=O) groups excluding carboxylic acids is 1. The highest BCUT2D eigenvalue weighted by molar-refractivity contribution is 7.16. The Morgan fingerprint density at radius 1 is 1.22 bits per heavy atom. The molecule has 0 saturated heterocycles. The third-order valence-corrected chi connectivity index (χ3v) is 4.12. The van der Waals surface area contributed by atoms with Crippen molar-refractivity contribution in [3.05, 3.63) is 57.4 Å². The topological polar surface area (TPSA) is 22.0 Å². The van der Waals surface area contributed by atoms with Gasteiger partial charge in [0.25, 0.3) is 0 Å². The van der Waals surface area contributed by atoms with E-state index in [1.807, 2.05) is 42.6 Å². The van der Waals surface area contributed by atoms with Crippen LogP contribution in [0.1, 0.15) is 15.2 Å². The van der Waals surface area contributed by atoms with Gasteiger partial charge in [0.15, 0.2) is 6.29 Å². The van der Waals surface area contributed by atoms with E-state index in [0.717, 1.165) is 33.6 Å². The Morgan fingerprint density at radius 2 is 2.06 bits per heavy atom. The zero-order valence-corrected chi connectivity index (χ0v) is 11.0. The summed E-state index contributed by atoms with van der Waals surface area (Å²) in [5.74, 6) is 0. The average molecular weight is 276 g/mol. The highest BCUT2D eigenvalue weighted by atomic mass is 35.5. The maximum atomic E-state index is 11.1. The predicted molar refractivity (Wildman–Crippen MR) is 75.8 cm³/mol. The van der Waals surface area contributed by atoms with Gasteiger partial charge in [-0.2, -0.15) is 0 Å². The van der Waals surface area contributed by atoms with Gasteiger partial charge in [-0.05, 0) is 18.2 Å². The zero-order chi connectivity index (χ0) is 12.5. The summed E-state index contributed by atoms with van der Waals surface area (Å²) in [6.45, 7) is 0.742. The molecule has 0 aliphatic carbocycles. The van der Waals surface area contributed by atoms with Crippen LogP contribution in [0.4, 0.5) is 0 Å². The number of aromatic nitrogens is 1. The first-order chi connectivity index (χ1) is 8.78. The summed E-state index contributed by atoms with van der Waals surface area (Å²) in [6, 6.07) is 11.8. The predicted octanol–water partition coefficient (Wildman–Crippen LogP) is 4.22. The fraction of sp³-hybridized carbons (Fsp3) is 0.0714. The largest absolute Gasteiger partial charge is 0.341 e. The quantitative estimate of drug-likeness (QED) is 0.656. The van der Waals surface area contributed by atoms with E-state index in [4.69, 9.17) is 11.6 Å². The smallest absolute Gasteiger partial charge is 0.152 e. The van der Waals surface area contributed by atoms with E-state index in [9.17, 15) is 4.79 Å². The van der Waals surface area contributed by atoms with Crippen LogP contribution in [0.3, 0.4) is 0 Å². The van der Waals surface area contributed by atoms with Crippen molar-refractivity contribution in [2.45, 2.75) is 6.54 Å². The molecule has 0 aliphatic heterocycles. The molecule has 0 fully saturated rings. The Balaban J connectivity index is 2.09. The minimum absolute atomic E-state index is 0.730. The molecule has 2 heterocycles. The maximum Gasteiger partial charge on any atom is 0.152 e. The summed E-state index contributed by atoms with van der Waals surface area (Å²) in [5, 5.41) is 0.996. The monoisotopic (exact) mass is 275 g/mol. The van der Waals surface area contributed by atoms with Crippen molar-refractivity contribution < 1.29 is 4.79 Å². The Bertz CT molecular complexity index is 713. The van der Waals surface area contributed by atoms with Crippen molar-refractivity contribution in [1.82, 2.24) is 4.57 Å². The van der Waals surface area contributed by atoms with Crippen molar-refractivity contribution in [2.75, 3.05) is 0 Å². The van der Waals surface area contributed by atoms with Gasteiger partial charge in [-0.25, -0.2) is 0 Å². The highest BCUT2D eigenvalue weighted by Gasteiger charge is 2.08. The van der Waals surface area contributed by atoms with E-state index in [1.165, 1.54) is 4.88 Å². The van der Waals surface area contributed by atoms with Crippen LogP contribution >= 0.6 is 22.9 Å². The Morgan fingerprint density at radius 3 is 2.78 bits per heavy atom. The highest BCUT2D eigenvalue weighted by Crippen LogP contribution is 2.25. The van der Waals surface area contributed by atoms with Gasteiger partial charge in [0.2, 0.25) is 0 Å². The third-order valence-electron chi connectivity index (χ3n) is 2.90. The number of benzene rings is 1. The van der Waals surface area contributed by atoms with E-state index in [1.54, 1.807) is 11.3 Å². The lowest BCUT2D eigenvalue weighted by Crippen LogP contribution is -1.95. The average Bonchev–Trinajstić information content (AvgIpc) is 2.95. The van der Waals surface area contributed by atoms with Crippen LogP contribution in [-0.2, 0) is 6.54 Å². The summed E-state index contributed by atoms with van der Waals surface area (Å²) in [6.07, 6.45) is 2.80. The van der Waals surface area contributed by atoms with Crippen molar-refractivity contribution >= 4 is 40.1 Å². The molecule has 0 atom stereocenters. The fourth-order valence-electron chi connectivity index (χ4n) is 2.10. The molecule has 3 rings (SSSR count). The second kappa shape index (κ2) is 4.59. The number of halogens is 1. The Hall–Kier alpha value is -1.58. The van der Waals surface area contributed by atoms with Gasteiger partial charge in [0.1, 0.15) is 0 Å². The first kappa shape index (κ1) is 11.5. The van der Waals surface area contributed by atoms with Gasteiger partial charge >= 0.3 is 0 Å². The van der Waals surface area contributed by atoms with Crippen LogP contribution in [0, 0.1) is 0 Å². The summed E-state index contributed by atoms with van der Waals surface area (Å²) in [4.78, 5) is 12.2. The summed E-state index contributed by atoms with van der Waals surface area (Å²) < 4.78 is 2.87. The molecule has 90 valence electrons. The molecule has 0 bridgehead atoms. The number of carbonyl (C=O) groups is 1. The number of fused-ring (bicyclic) bond motifs is 1. The number of hydrogen-bond acceptors (Lipinski definition) is 2. The molecule has 2 aromatic heterocycles. The lowest BCUT2D eigenvalue weighted by atomic mass is 10.2. The van der Waals surface area contributed by atoms with Crippen LogP contribution in [-0.4, -0.2) is 10.9 Å². The van der Waals surface area contributed by atoms with Gasteiger partial charge in [0, 0.05) is 27.5 Å². The standard InChI is InChI=1S/C14H10ClNOS/c15-14-6-5-11(18-14)8-16-7-10(9-17)12-3-1-2-4-13(12)16/h1-7,9H,8H2. The van der Waals surface area contributed by atoms with Gasteiger partial charge < -0.3 is 4.57 Å². The molecule has 0 unspecified atom stereocenters. The number of aldehydes is 1. The second-order valence-corrected chi connectivity index (χ2v) is 5.85. The van der Waals surface area contributed by atoms with Gasteiger partial charge in [0.05, 0.1) is 10.9 Å². The van der Waals surface area contributed by atoms with E-state index >= 15 is 0 Å². The molecule has 2 nitrogen and oxygen atoms in total. The first-order valence-electron chi connectivity index (χ1n) is 5.55. The normalized spacial score (nSPS) is 10.9. The van der Waals surface area contributed by atoms with Crippen LogP contribution < -0.4 is 0 Å². The second-order valence-electron chi connectivity index (χ2n) is 4.05. The van der Waals surface area contributed by atoms with Crippen LogP contribution in [0.5, 0.6) is 0 Å². The number of hydrogen-bond donors (Lipinski definition) is 0. The van der Waals surface area contributed by atoms with E-state index < -0.39 is 0 Å². The molecule has 0 N–H and O–H groups in total. The van der Waals surface area contributed by atoms with Gasteiger partial charge in [-0.3, -0.25) is 4.79 Å². The summed E-state index contributed by atoms with van der Waals surface area (Å²) in [7, 11) is 0. The minimum Gasteiger partial charge on any atom is -0.341 e. The molecular weight excluding hydrogens is 266 g/mol. The summed E-state index contributed by atoms with van der Waals surface area (Å²) >= 11 is 7.49. The molecular formula is C14H10ClNOS. The van der Waals surface area contributed by atoms with Crippen molar-refractivity contribution in [3.8, 4) is 0 Å². The number of nitrogens with zero attached hydrogens (tertiary/aromatic N) is 1. The molecule has 0 spiro atoms. The van der Waals surface area contributed by atoms with Crippen LogP contribution in [0.2, 0.25) is 4.34 Å². The molecule has 3 aromatic rings. The maximum absolute atomic E-state index is 11.1. The van der Waals surface area contributed by atoms with E-state index in [0.29, 0.717) is 0 Å². The van der Waals surface area contributed by atoms with Crippen molar-refractivity contribution in [1.29, 1.82) is 0 Å². The third kappa shape index (κ3) is 1.96. The molecule has 0 aliphatic rings. The lowest BCUT2D eigenvalue weighted by Gasteiger charge is -2.02. The van der Waals surface area contributed by atoms with Crippen LogP contribution in [0.15, 0.2) is 42.6 Å². The number of thiophene rings is 1. The molecule has 0 radical (unpaired) electrons. The Kier molecular flexibility index (Phi) is 2.94. The molecule has 4 heteroatoms. The molecule has 0 saturated carbocycles. The zero-order valence-electron chi connectivity index (χ0n) is 9.47. The number of rotatable bonds is 3.